The summed E-state index contributed by atoms with van der Waals surface area (Å²) in [5, 5.41) is 9.45. The molecule has 1 aromatic rings. The van der Waals surface area contributed by atoms with E-state index in [0.29, 0.717) is 6.42 Å². The number of hydrogen-bond acceptors (Lipinski definition) is 4. The van der Waals surface area contributed by atoms with Gasteiger partial charge >= 0.3 is 0 Å². The summed E-state index contributed by atoms with van der Waals surface area (Å²) in [6.07, 6.45) is 0.509. The molecule has 0 heterocycles. The summed E-state index contributed by atoms with van der Waals surface area (Å²) < 4.78 is 38.8. The third kappa shape index (κ3) is 3.94. The number of aliphatic hydroxyl groups excluding tert-OH is 1. The summed E-state index contributed by atoms with van der Waals surface area (Å²) >= 11 is 0. The van der Waals surface area contributed by atoms with E-state index in [-0.39, 0.29) is 17.1 Å². The summed E-state index contributed by atoms with van der Waals surface area (Å²) in [7, 11) is -3.82. The molecule has 1 atom stereocenters. The summed E-state index contributed by atoms with van der Waals surface area (Å²) in [6, 6.07) is 3.06. The molecule has 1 aromatic carbocycles. The average molecular weight is 276 g/mol. The van der Waals surface area contributed by atoms with E-state index < -0.39 is 21.9 Å². The van der Waals surface area contributed by atoms with Crippen molar-refractivity contribution in [1.29, 1.82) is 0 Å². The first-order chi connectivity index (χ1) is 8.36. The van der Waals surface area contributed by atoms with E-state index >= 15 is 0 Å². The molecule has 0 saturated carbocycles. The van der Waals surface area contributed by atoms with Gasteiger partial charge in [-0.3, -0.25) is 0 Å². The standard InChI is InChI=1S/C11H17FN2O3S/c1-2-3-9(15)7-14-18(16,17)11-5-4-8(12)6-10(11)13/h4-6,9,14-15H,2-3,7,13H2,1H3. The van der Waals surface area contributed by atoms with Gasteiger partial charge in [-0.15, -0.1) is 0 Å². The van der Waals surface area contributed by atoms with Crippen molar-refractivity contribution in [2.45, 2.75) is 30.8 Å². The van der Waals surface area contributed by atoms with Gasteiger partial charge in [-0.2, -0.15) is 0 Å². The minimum Gasteiger partial charge on any atom is -0.398 e. The molecule has 0 bridgehead atoms. The van der Waals surface area contributed by atoms with E-state index in [4.69, 9.17) is 5.73 Å². The number of hydrogen-bond donors (Lipinski definition) is 3. The Bertz CT molecular complexity index is 505. The highest BCUT2D eigenvalue weighted by Crippen LogP contribution is 2.18. The molecule has 18 heavy (non-hydrogen) atoms. The van der Waals surface area contributed by atoms with Gasteiger partial charge in [-0.25, -0.2) is 17.5 Å². The number of sulfonamides is 1. The molecule has 102 valence electrons. The zero-order chi connectivity index (χ0) is 13.8. The van der Waals surface area contributed by atoms with E-state index in [0.717, 1.165) is 24.6 Å². The number of nitrogens with one attached hydrogen (secondary N) is 1. The maximum Gasteiger partial charge on any atom is 0.242 e. The SMILES string of the molecule is CCCC(O)CNS(=O)(=O)c1ccc(F)cc1N. The quantitative estimate of drug-likeness (QED) is 0.671. The van der Waals surface area contributed by atoms with Crippen LogP contribution in [0.15, 0.2) is 23.1 Å². The topological polar surface area (TPSA) is 92.4 Å². The third-order valence-corrected chi connectivity index (χ3v) is 3.89. The number of rotatable bonds is 6. The van der Waals surface area contributed by atoms with Crippen LogP contribution >= 0.6 is 0 Å². The molecule has 4 N–H and O–H groups in total. The van der Waals surface area contributed by atoms with E-state index in [9.17, 15) is 17.9 Å². The molecular formula is C11H17FN2O3S. The Kier molecular flexibility index (Phi) is 5.06. The first kappa shape index (κ1) is 14.9. The second kappa shape index (κ2) is 6.12. The lowest BCUT2D eigenvalue weighted by Crippen LogP contribution is -2.32. The third-order valence-electron chi connectivity index (χ3n) is 2.39. The molecule has 0 spiro atoms. The van der Waals surface area contributed by atoms with E-state index in [1.54, 1.807) is 0 Å². The molecule has 1 rings (SSSR count). The monoisotopic (exact) mass is 276 g/mol. The van der Waals surface area contributed by atoms with Crippen molar-refractivity contribution in [3.63, 3.8) is 0 Å². The number of halogens is 1. The molecule has 0 fully saturated rings. The van der Waals surface area contributed by atoms with Gasteiger partial charge in [0.05, 0.1) is 11.8 Å². The molecule has 0 aliphatic carbocycles. The Morgan fingerprint density at radius 2 is 2.17 bits per heavy atom. The van der Waals surface area contributed by atoms with Gasteiger partial charge in [-0.05, 0) is 24.6 Å². The van der Waals surface area contributed by atoms with Crippen LogP contribution in [0.3, 0.4) is 0 Å². The molecule has 5 nitrogen and oxygen atoms in total. The lowest BCUT2D eigenvalue weighted by molar-refractivity contribution is 0.167. The van der Waals surface area contributed by atoms with Crippen LogP contribution in [0.4, 0.5) is 10.1 Å². The predicted octanol–water partition coefficient (Wildman–Crippen LogP) is 0.847. The fourth-order valence-electron chi connectivity index (χ4n) is 1.48. The van der Waals surface area contributed by atoms with E-state index in [1.165, 1.54) is 0 Å². The van der Waals surface area contributed by atoms with Crippen LogP contribution in [-0.2, 0) is 10.0 Å². The Morgan fingerprint density at radius 3 is 2.72 bits per heavy atom. The smallest absolute Gasteiger partial charge is 0.242 e. The molecule has 7 heteroatoms. The van der Waals surface area contributed by atoms with Crippen LogP contribution in [0, 0.1) is 5.82 Å². The molecule has 1 unspecified atom stereocenters. The number of nitrogen functional groups attached to an aromatic ring is 1. The Morgan fingerprint density at radius 1 is 1.50 bits per heavy atom. The lowest BCUT2D eigenvalue weighted by atomic mass is 10.2. The fraction of sp³-hybridized carbons (Fsp3) is 0.455. The first-order valence-corrected chi connectivity index (χ1v) is 7.08. The highest BCUT2D eigenvalue weighted by atomic mass is 32.2. The van der Waals surface area contributed by atoms with Gasteiger partial charge in [0.25, 0.3) is 0 Å². The molecular weight excluding hydrogens is 259 g/mol. The maximum absolute atomic E-state index is 12.8. The fourth-order valence-corrected chi connectivity index (χ4v) is 2.67. The second-order valence-corrected chi connectivity index (χ2v) is 5.71. The van der Waals surface area contributed by atoms with Gasteiger partial charge in [0.1, 0.15) is 10.7 Å². The van der Waals surface area contributed by atoms with Gasteiger partial charge in [-0.1, -0.05) is 13.3 Å². The Balaban J connectivity index is 2.80. The molecule has 0 radical (unpaired) electrons. The van der Waals surface area contributed by atoms with Crippen LogP contribution in [0.25, 0.3) is 0 Å². The average Bonchev–Trinajstić information content (AvgIpc) is 2.26. The zero-order valence-electron chi connectivity index (χ0n) is 10.1. The first-order valence-electron chi connectivity index (χ1n) is 5.59. The normalized spacial score (nSPS) is 13.5. The van der Waals surface area contributed by atoms with Crippen LogP contribution in [-0.4, -0.2) is 26.2 Å². The number of anilines is 1. The second-order valence-electron chi connectivity index (χ2n) is 3.98. The molecule has 0 amide bonds. The minimum absolute atomic E-state index is 0.0903. The van der Waals surface area contributed by atoms with Crippen molar-refractivity contribution in [1.82, 2.24) is 4.72 Å². The largest absolute Gasteiger partial charge is 0.398 e. The minimum atomic E-state index is -3.82. The van der Waals surface area contributed by atoms with Gasteiger partial charge in [0.15, 0.2) is 0 Å². The van der Waals surface area contributed by atoms with Crippen LogP contribution in [0.1, 0.15) is 19.8 Å². The van der Waals surface area contributed by atoms with Crippen LogP contribution in [0.2, 0.25) is 0 Å². The highest BCUT2D eigenvalue weighted by Gasteiger charge is 2.18. The van der Waals surface area contributed by atoms with Crippen molar-refractivity contribution < 1.29 is 17.9 Å². The van der Waals surface area contributed by atoms with Crippen molar-refractivity contribution in [2.75, 3.05) is 12.3 Å². The summed E-state index contributed by atoms with van der Waals surface area (Å²) in [5.74, 6) is -0.600. The summed E-state index contributed by atoms with van der Waals surface area (Å²) in [6.45, 7) is 1.79. The molecule has 0 aromatic heterocycles. The molecule has 0 saturated heterocycles. The lowest BCUT2D eigenvalue weighted by Gasteiger charge is -2.12. The molecule has 0 aliphatic heterocycles. The van der Waals surface area contributed by atoms with Crippen LogP contribution in [0.5, 0.6) is 0 Å². The summed E-state index contributed by atoms with van der Waals surface area (Å²) in [4.78, 5) is -0.187. The van der Waals surface area contributed by atoms with Crippen molar-refractivity contribution in [3.05, 3.63) is 24.0 Å². The Hall–Kier alpha value is -1.18. The molecule has 0 aliphatic rings. The zero-order valence-corrected chi connectivity index (χ0v) is 10.9. The van der Waals surface area contributed by atoms with Gasteiger partial charge in [0, 0.05) is 6.54 Å². The number of aliphatic hydroxyl groups is 1. The van der Waals surface area contributed by atoms with Gasteiger partial charge < -0.3 is 10.8 Å². The predicted molar refractivity (Wildman–Crippen MR) is 66.9 cm³/mol. The highest BCUT2D eigenvalue weighted by molar-refractivity contribution is 7.89. The van der Waals surface area contributed by atoms with Crippen molar-refractivity contribution >= 4 is 15.7 Å². The van der Waals surface area contributed by atoms with Gasteiger partial charge in [0.2, 0.25) is 10.0 Å². The van der Waals surface area contributed by atoms with Crippen molar-refractivity contribution in [2.24, 2.45) is 0 Å². The van der Waals surface area contributed by atoms with E-state index in [2.05, 4.69) is 4.72 Å². The van der Waals surface area contributed by atoms with E-state index in [1.807, 2.05) is 6.92 Å². The van der Waals surface area contributed by atoms with Crippen molar-refractivity contribution in [3.8, 4) is 0 Å². The number of benzene rings is 1. The maximum atomic E-state index is 12.8. The number of nitrogens with two attached hydrogens (primary N) is 1. The van der Waals surface area contributed by atoms with Crippen LogP contribution < -0.4 is 10.5 Å². The Labute approximate surface area is 106 Å². The summed E-state index contributed by atoms with van der Waals surface area (Å²) in [5.41, 5.74) is 5.29.